The Morgan fingerprint density at radius 2 is 1.67 bits per heavy atom. The fraction of sp³-hybridized carbons (Fsp3) is 0.929. The SMILES string of the molecule is CCCCCCCC(=O)C1CCCCC1. The van der Waals surface area contributed by atoms with Gasteiger partial charge in [0.2, 0.25) is 0 Å². The predicted octanol–water partition coefficient (Wildman–Crippen LogP) is 4.50. The van der Waals surface area contributed by atoms with Gasteiger partial charge in [-0.3, -0.25) is 4.79 Å². The molecule has 0 spiro atoms. The first kappa shape index (κ1) is 12.7. The second kappa shape index (κ2) is 7.90. The minimum absolute atomic E-state index is 0.435. The van der Waals surface area contributed by atoms with E-state index in [2.05, 4.69) is 6.92 Å². The number of carbonyl (C=O) groups excluding carboxylic acids is 1. The van der Waals surface area contributed by atoms with Crippen LogP contribution in [0.4, 0.5) is 0 Å². The van der Waals surface area contributed by atoms with Crippen molar-refractivity contribution in [3.63, 3.8) is 0 Å². The molecule has 0 saturated heterocycles. The van der Waals surface area contributed by atoms with Crippen LogP contribution >= 0.6 is 0 Å². The summed E-state index contributed by atoms with van der Waals surface area (Å²) in [5, 5.41) is 0. The molecular formula is C14H26O. The van der Waals surface area contributed by atoms with E-state index >= 15 is 0 Å². The van der Waals surface area contributed by atoms with Crippen LogP contribution in [-0.4, -0.2) is 5.78 Å². The molecule has 1 saturated carbocycles. The number of hydrogen-bond donors (Lipinski definition) is 0. The number of rotatable bonds is 7. The molecule has 0 aromatic rings. The largest absolute Gasteiger partial charge is 0.299 e. The van der Waals surface area contributed by atoms with Crippen LogP contribution in [0.15, 0.2) is 0 Å². The molecule has 0 N–H and O–H groups in total. The molecule has 1 heteroatoms. The summed E-state index contributed by atoms with van der Waals surface area (Å²) >= 11 is 0. The van der Waals surface area contributed by atoms with E-state index in [9.17, 15) is 4.79 Å². The average molecular weight is 210 g/mol. The molecule has 1 rings (SSSR count). The highest BCUT2D eigenvalue weighted by atomic mass is 16.1. The van der Waals surface area contributed by atoms with Crippen LogP contribution in [0.2, 0.25) is 0 Å². The van der Waals surface area contributed by atoms with E-state index in [1.807, 2.05) is 0 Å². The second-order valence-electron chi connectivity index (χ2n) is 4.97. The molecule has 0 unspecified atom stereocenters. The van der Waals surface area contributed by atoms with Gasteiger partial charge < -0.3 is 0 Å². The Balaban J connectivity index is 2.02. The normalized spacial score (nSPS) is 17.9. The zero-order valence-electron chi connectivity index (χ0n) is 10.3. The molecule has 1 nitrogen and oxygen atoms in total. The molecule has 0 bridgehead atoms. The monoisotopic (exact) mass is 210 g/mol. The van der Waals surface area contributed by atoms with Crippen LogP contribution in [0.1, 0.15) is 77.6 Å². The first-order valence-corrected chi connectivity index (χ1v) is 6.87. The van der Waals surface area contributed by atoms with Crippen molar-refractivity contribution < 1.29 is 4.79 Å². The molecule has 0 atom stereocenters. The quantitative estimate of drug-likeness (QED) is 0.566. The Bertz CT molecular complexity index is 168. The molecule has 0 heterocycles. The lowest BCUT2D eigenvalue weighted by Crippen LogP contribution is -2.17. The number of Topliss-reactive ketones (excluding diaryl/α,β-unsaturated/α-hetero) is 1. The summed E-state index contributed by atoms with van der Waals surface area (Å²) in [5.74, 6) is 0.996. The highest BCUT2D eigenvalue weighted by molar-refractivity contribution is 5.80. The van der Waals surface area contributed by atoms with Crippen molar-refractivity contribution in [3.05, 3.63) is 0 Å². The van der Waals surface area contributed by atoms with Crippen molar-refractivity contribution in [2.75, 3.05) is 0 Å². The van der Waals surface area contributed by atoms with Crippen LogP contribution in [0, 0.1) is 5.92 Å². The van der Waals surface area contributed by atoms with Gasteiger partial charge in [-0.1, -0.05) is 51.9 Å². The van der Waals surface area contributed by atoms with E-state index < -0.39 is 0 Å². The summed E-state index contributed by atoms with van der Waals surface area (Å²) in [7, 11) is 0. The molecule has 0 radical (unpaired) electrons. The zero-order chi connectivity index (χ0) is 10.9. The number of hydrogen-bond acceptors (Lipinski definition) is 1. The molecule has 0 aromatic carbocycles. The van der Waals surface area contributed by atoms with E-state index in [-0.39, 0.29) is 0 Å². The Kier molecular flexibility index (Phi) is 6.71. The molecule has 1 aliphatic carbocycles. The third-order valence-electron chi connectivity index (χ3n) is 3.59. The fourth-order valence-corrected chi connectivity index (χ4v) is 2.53. The van der Waals surface area contributed by atoms with Crippen molar-refractivity contribution in [1.29, 1.82) is 0 Å². The highest BCUT2D eigenvalue weighted by Gasteiger charge is 2.19. The van der Waals surface area contributed by atoms with E-state index in [0.717, 1.165) is 12.8 Å². The molecule has 0 aromatic heterocycles. The van der Waals surface area contributed by atoms with E-state index in [1.54, 1.807) is 0 Å². The highest BCUT2D eigenvalue weighted by Crippen LogP contribution is 2.25. The van der Waals surface area contributed by atoms with Crippen molar-refractivity contribution in [2.45, 2.75) is 77.6 Å². The van der Waals surface area contributed by atoms with Gasteiger partial charge in [0.1, 0.15) is 5.78 Å². The predicted molar refractivity (Wildman–Crippen MR) is 65.0 cm³/mol. The van der Waals surface area contributed by atoms with Crippen molar-refractivity contribution in [1.82, 2.24) is 0 Å². The molecule has 88 valence electrons. The Morgan fingerprint density at radius 1 is 1.00 bits per heavy atom. The van der Waals surface area contributed by atoms with Crippen molar-refractivity contribution in [2.24, 2.45) is 5.92 Å². The van der Waals surface area contributed by atoms with Gasteiger partial charge in [0.15, 0.2) is 0 Å². The van der Waals surface area contributed by atoms with Gasteiger partial charge in [-0.2, -0.15) is 0 Å². The standard InChI is InChI=1S/C14H26O/c1-2-3-4-5-9-12-14(15)13-10-7-6-8-11-13/h13H,2-12H2,1H3. The molecule has 15 heavy (non-hydrogen) atoms. The minimum atomic E-state index is 0.435. The summed E-state index contributed by atoms with van der Waals surface area (Å²) in [5.41, 5.74) is 0. The van der Waals surface area contributed by atoms with Gasteiger partial charge in [-0.25, -0.2) is 0 Å². The lowest BCUT2D eigenvalue weighted by molar-refractivity contribution is -0.123. The maximum atomic E-state index is 11.8. The molecule has 0 amide bonds. The number of carbonyl (C=O) groups is 1. The summed E-state index contributed by atoms with van der Waals surface area (Å²) in [6, 6.07) is 0. The van der Waals surface area contributed by atoms with Gasteiger partial charge in [0, 0.05) is 12.3 Å². The van der Waals surface area contributed by atoms with Gasteiger partial charge in [0.25, 0.3) is 0 Å². The second-order valence-corrected chi connectivity index (χ2v) is 4.97. The van der Waals surface area contributed by atoms with Gasteiger partial charge in [-0.15, -0.1) is 0 Å². The third kappa shape index (κ3) is 5.34. The topological polar surface area (TPSA) is 17.1 Å². The summed E-state index contributed by atoms with van der Waals surface area (Å²) in [6.07, 6.45) is 13.4. The Hall–Kier alpha value is -0.330. The molecular weight excluding hydrogens is 184 g/mol. The first-order valence-electron chi connectivity index (χ1n) is 6.87. The lowest BCUT2D eigenvalue weighted by Gasteiger charge is -2.20. The average Bonchev–Trinajstić information content (AvgIpc) is 2.30. The van der Waals surface area contributed by atoms with Crippen LogP contribution in [0.25, 0.3) is 0 Å². The minimum Gasteiger partial charge on any atom is -0.299 e. The summed E-state index contributed by atoms with van der Waals surface area (Å²) in [6.45, 7) is 2.23. The summed E-state index contributed by atoms with van der Waals surface area (Å²) in [4.78, 5) is 11.8. The third-order valence-corrected chi connectivity index (χ3v) is 3.59. The Morgan fingerprint density at radius 3 is 2.33 bits per heavy atom. The van der Waals surface area contributed by atoms with E-state index in [1.165, 1.54) is 57.8 Å². The first-order chi connectivity index (χ1) is 7.34. The zero-order valence-corrected chi connectivity index (χ0v) is 10.3. The number of unbranched alkanes of at least 4 members (excludes halogenated alkanes) is 4. The lowest BCUT2D eigenvalue weighted by atomic mass is 9.84. The van der Waals surface area contributed by atoms with Gasteiger partial charge in [-0.05, 0) is 19.3 Å². The molecule has 0 aliphatic heterocycles. The van der Waals surface area contributed by atoms with Gasteiger partial charge in [0.05, 0.1) is 0 Å². The van der Waals surface area contributed by atoms with E-state index in [0.29, 0.717) is 11.7 Å². The molecule has 1 aliphatic rings. The van der Waals surface area contributed by atoms with Crippen LogP contribution in [-0.2, 0) is 4.79 Å². The number of ketones is 1. The van der Waals surface area contributed by atoms with Crippen LogP contribution in [0.3, 0.4) is 0 Å². The van der Waals surface area contributed by atoms with Crippen molar-refractivity contribution in [3.8, 4) is 0 Å². The van der Waals surface area contributed by atoms with Crippen LogP contribution < -0.4 is 0 Å². The van der Waals surface area contributed by atoms with Crippen molar-refractivity contribution >= 4 is 5.78 Å². The van der Waals surface area contributed by atoms with Crippen LogP contribution in [0.5, 0.6) is 0 Å². The summed E-state index contributed by atoms with van der Waals surface area (Å²) < 4.78 is 0. The Labute approximate surface area is 94.6 Å². The van der Waals surface area contributed by atoms with Gasteiger partial charge >= 0.3 is 0 Å². The maximum absolute atomic E-state index is 11.8. The fourth-order valence-electron chi connectivity index (χ4n) is 2.53. The molecule has 1 fully saturated rings. The smallest absolute Gasteiger partial charge is 0.135 e. The maximum Gasteiger partial charge on any atom is 0.135 e. The van der Waals surface area contributed by atoms with E-state index in [4.69, 9.17) is 0 Å².